The number of nitrogens with zero attached hydrogens (tertiary/aromatic N) is 5. The van der Waals surface area contributed by atoms with Gasteiger partial charge in [0.15, 0.2) is 29.5 Å². The minimum absolute atomic E-state index is 0.0153. The minimum Gasteiger partial charge on any atom is -0.481 e. The molecule has 5 rings (SSSR count). The lowest BCUT2D eigenvalue weighted by Gasteiger charge is -2.28. The van der Waals surface area contributed by atoms with Gasteiger partial charge in [-0.25, -0.2) is 19.4 Å². The van der Waals surface area contributed by atoms with Gasteiger partial charge >= 0.3 is 25.4 Å². The van der Waals surface area contributed by atoms with E-state index in [4.69, 9.17) is 34.7 Å². The normalized spacial score (nSPS) is 26.4. The number of hydrogen-bond acceptors (Lipinski definition) is 17. The summed E-state index contributed by atoms with van der Waals surface area (Å²) in [4.78, 5) is 61.4. The Bertz CT molecular complexity index is 1860. The molecule has 1 unspecified atom stereocenters. The van der Waals surface area contributed by atoms with Crippen LogP contribution in [-0.2, 0) is 37.4 Å². The number of carboxylic acid groups (broad SMARTS) is 2. The first-order chi connectivity index (χ1) is 23.7. The summed E-state index contributed by atoms with van der Waals surface area (Å²) in [7, 11) is -3.23. The van der Waals surface area contributed by atoms with E-state index in [0.717, 1.165) is 4.57 Å². The SMILES string of the molecule is CO[C@@H]1[C@H](OP(=O)(NCCCC(C(=O)O)C(=O)O)OC[C@@H]2C[C@@H](O)[C@H](n3ccc(N)nc3=O)O2)[C@@H](CO)O[C@H]1n1cnc2c(=O)[nH]c(N)nc21. The standard InChI is InChI=1S/C26H36N9O14P/c1-45-18-17(14(8-36)48-22(18)35-10-29-16-19(35)32-25(28)33-20(16)38)49-50(44,30-5-2-3-12(23(39)40)24(41)42)46-9-11-7-13(37)21(47-11)34-6-4-15(27)31-26(34)43/h4,6,10-14,17-18,21-22,36-37H,2-3,5,7-9H2,1H3,(H,30,44)(H,39,40)(H,41,42)(H2,27,31,43)(H3,28,32,33,38)/t11-,13+,14+,17+,18+,21+,22+,50?/m0/s1. The third kappa shape index (κ3) is 7.85. The number of aromatic nitrogens is 6. The van der Waals surface area contributed by atoms with E-state index in [9.17, 15) is 44.2 Å². The van der Waals surface area contributed by atoms with Gasteiger partial charge in [0.25, 0.3) is 5.56 Å². The van der Waals surface area contributed by atoms with Gasteiger partial charge in [-0.1, -0.05) is 0 Å². The summed E-state index contributed by atoms with van der Waals surface area (Å²) in [6.07, 6.45) is -6.14. The number of aromatic amines is 1. The molecule has 2 fully saturated rings. The smallest absolute Gasteiger partial charge is 0.406 e. The number of nitrogen functional groups attached to an aromatic ring is 2. The van der Waals surface area contributed by atoms with Crippen molar-refractivity contribution in [2.75, 3.05) is 38.3 Å². The number of aliphatic carboxylic acids is 2. The molecule has 50 heavy (non-hydrogen) atoms. The lowest BCUT2D eigenvalue weighted by molar-refractivity contribution is -0.154. The predicted octanol–water partition coefficient (Wildman–Crippen LogP) is -2.24. The van der Waals surface area contributed by atoms with E-state index < -0.39 is 93.0 Å². The van der Waals surface area contributed by atoms with Crippen molar-refractivity contribution in [2.24, 2.45) is 5.92 Å². The molecule has 0 aromatic carbocycles. The van der Waals surface area contributed by atoms with Gasteiger partial charge < -0.3 is 46.1 Å². The molecule has 24 heteroatoms. The molecule has 0 spiro atoms. The first kappa shape index (κ1) is 36.9. The van der Waals surface area contributed by atoms with Crippen LogP contribution < -0.4 is 27.8 Å². The van der Waals surface area contributed by atoms with Crippen LogP contribution in [0.25, 0.3) is 11.2 Å². The Morgan fingerprint density at radius 1 is 1.16 bits per heavy atom. The molecular formula is C26H36N9O14P. The van der Waals surface area contributed by atoms with Gasteiger partial charge in [0, 0.05) is 26.3 Å². The Morgan fingerprint density at radius 3 is 2.56 bits per heavy atom. The van der Waals surface area contributed by atoms with Crippen LogP contribution in [0.3, 0.4) is 0 Å². The molecule has 3 aromatic heterocycles. The maximum atomic E-state index is 14.3. The largest absolute Gasteiger partial charge is 0.481 e. The molecule has 274 valence electrons. The molecule has 2 aliphatic rings. The van der Waals surface area contributed by atoms with Crippen LogP contribution in [0.4, 0.5) is 11.8 Å². The molecule has 10 N–H and O–H groups in total. The van der Waals surface area contributed by atoms with Crippen LogP contribution in [0.2, 0.25) is 0 Å². The fourth-order valence-corrected chi connectivity index (χ4v) is 7.22. The fourth-order valence-electron chi connectivity index (χ4n) is 5.62. The Labute approximate surface area is 280 Å². The summed E-state index contributed by atoms with van der Waals surface area (Å²) >= 11 is 0. The maximum Gasteiger partial charge on any atom is 0.406 e. The number of ether oxygens (including phenoxy) is 3. The minimum atomic E-state index is -4.51. The Hall–Kier alpha value is -4.32. The van der Waals surface area contributed by atoms with Crippen LogP contribution >= 0.6 is 7.75 Å². The monoisotopic (exact) mass is 729 g/mol. The quantitative estimate of drug-likeness (QED) is 0.0439. The van der Waals surface area contributed by atoms with E-state index in [2.05, 4.69) is 25.0 Å². The van der Waals surface area contributed by atoms with E-state index in [-0.39, 0.29) is 48.7 Å². The number of anilines is 2. The van der Waals surface area contributed by atoms with E-state index >= 15 is 0 Å². The number of rotatable bonds is 16. The van der Waals surface area contributed by atoms with Gasteiger partial charge in [0.1, 0.15) is 30.2 Å². The van der Waals surface area contributed by atoms with Crippen molar-refractivity contribution >= 4 is 42.6 Å². The molecule has 0 bridgehead atoms. The summed E-state index contributed by atoms with van der Waals surface area (Å²) in [5.41, 5.74) is 9.79. The molecule has 2 saturated heterocycles. The van der Waals surface area contributed by atoms with Crippen LogP contribution in [0.1, 0.15) is 31.7 Å². The average molecular weight is 730 g/mol. The molecule has 0 aliphatic carbocycles. The second-order valence-electron chi connectivity index (χ2n) is 11.4. The molecule has 0 radical (unpaired) electrons. The van der Waals surface area contributed by atoms with Crippen molar-refractivity contribution in [3.05, 3.63) is 39.4 Å². The summed E-state index contributed by atoms with van der Waals surface area (Å²) in [5, 5.41) is 41.8. The second-order valence-corrected chi connectivity index (χ2v) is 13.1. The number of carboxylic acids is 2. The van der Waals surface area contributed by atoms with Crippen molar-refractivity contribution in [2.45, 2.75) is 62.2 Å². The number of aliphatic hydroxyl groups is 2. The first-order valence-electron chi connectivity index (χ1n) is 15.1. The number of hydrogen-bond donors (Lipinski definition) is 8. The van der Waals surface area contributed by atoms with Crippen molar-refractivity contribution in [3.8, 4) is 0 Å². The van der Waals surface area contributed by atoms with E-state index in [0.29, 0.717) is 0 Å². The second kappa shape index (κ2) is 15.3. The van der Waals surface area contributed by atoms with Gasteiger partial charge in [-0.2, -0.15) is 9.97 Å². The zero-order valence-corrected chi connectivity index (χ0v) is 27.2. The number of H-pyrrole nitrogens is 1. The lowest BCUT2D eigenvalue weighted by Crippen LogP contribution is -2.38. The Balaban J connectivity index is 1.36. The van der Waals surface area contributed by atoms with E-state index in [1.807, 2.05) is 0 Å². The Kier molecular flexibility index (Phi) is 11.3. The number of carbonyl (C=O) groups is 2. The summed E-state index contributed by atoms with van der Waals surface area (Å²) in [6.45, 7) is -1.40. The number of nitrogens with two attached hydrogens (primary N) is 2. The molecule has 0 amide bonds. The first-order valence-corrected chi connectivity index (χ1v) is 16.6. The van der Waals surface area contributed by atoms with E-state index in [1.165, 1.54) is 30.3 Å². The highest BCUT2D eigenvalue weighted by molar-refractivity contribution is 7.51. The highest BCUT2D eigenvalue weighted by Crippen LogP contribution is 2.50. The van der Waals surface area contributed by atoms with Crippen LogP contribution in [0, 0.1) is 5.92 Å². The van der Waals surface area contributed by atoms with Gasteiger partial charge in [-0.15, -0.1) is 0 Å². The number of imidazole rings is 1. The van der Waals surface area contributed by atoms with Crippen LogP contribution in [0.15, 0.2) is 28.2 Å². The van der Waals surface area contributed by atoms with Gasteiger partial charge in [-0.3, -0.25) is 37.5 Å². The van der Waals surface area contributed by atoms with Crippen molar-refractivity contribution in [3.63, 3.8) is 0 Å². The summed E-state index contributed by atoms with van der Waals surface area (Å²) in [6, 6.07) is 1.34. The van der Waals surface area contributed by atoms with Gasteiger partial charge in [0.2, 0.25) is 5.95 Å². The molecule has 0 saturated carbocycles. The molecule has 8 atom stereocenters. The summed E-state index contributed by atoms with van der Waals surface area (Å²) < 4.78 is 45.7. The summed E-state index contributed by atoms with van der Waals surface area (Å²) in [5.74, 6) is -5.08. The maximum absolute atomic E-state index is 14.3. The molecule has 2 aliphatic heterocycles. The third-order valence-electron chi connectivity index (χ3n) is 8.02. The zero-order chi connectivity index (χ0) is 36.3. The van der Waals surface area contributed by atoms with Gasteiger partial charge in [-0.05, 0) is 18.9 Å². The molecule has 23 nitrogen and oxygen atoms in total. The predicted molar refractivity (Wildman–Crippen MR) is 166 cm³/mol. The molecule has 5 heterocycles. The molecular weight excluding hydrogens is 693 g/mol. The topological polar surface area (TPSA) is 341 Å². The fraction of sp³-hybridized carbons (Fsp3) is 0.577. The van der Waals surface area contributed by atoms with Crippen LogP contribution in [0.5, 0.6) is 0 Å². The number of methoxy groups -OCH3 is 1. The third-order valence-corrected chi connectivity index (χ3v) is 9.64. The highest BCUT2D eigenvalue weighted by Gasteiger charge is 2.51. The Morgan fingerprint density at radius 2 is 1.90 bits per heavy atom. The van der Waals surface area contributed by atoms with Crippen molar-refractivity contribution < 1.29 is 57.8 Å². The lowest BCUT2D eigenvalue weighted by atomic mass is 10.0. The van der Waals surface area contributed by atoms with E-state index in [1.54, 1.807) is 0 Å². The number of fused-ring (bicyclic) bond motifs is 1. The number of aliphatic hydroxyl groups excluding tert-OH is 2. The van der Waals surface area contributed by atoms with Crippen molar-refractivity contribution in [1.82, 2.24) is 34.2 Å². The van der Waals surface area contributed by atoms with Gasteiger partial charge in [0.05, 0.1) is 25.6 Å². The molecule has 3 aromatic rings. The van der Waals surface area contributed by atoms with Crippen LogP contribution in [-0.4, -0.2) is 119 Å². The average Bonchev–Trinajstić information content (AvgIpc) is 3.74. The zero-order valence-electron chi connectivity index (χ0n) is 26.3. The number of nitrogens with one attached hydrogen (secondary N) is 2. The van der Waals surface area contributed by atoms with Crippen molar-refractivity contribution in [1.29, 1.82) is 0 Å². The highest BCUT2D eigenvalue weighted by atomic mass is 31.2.